The van der Waals surface area contributed by atoms with E-state index in [-0.39, 0.29) is 19.0 Å². The minimum atomic E-state index is -0.362. The zero-order valence-electron chi connectivity index (χ0n) is 10.6. The summed E-state index contributed by atoms with van der Waals surface area (Å²) in [5.41, 5.74) is 7.77. The molecule has 3 nitrogen and oxygen atoms in total. The number of rotatable bonds is 4. The van der Waals surface area contributed by atoms with Gasteiger partial charge in [-0.3, -0.25) is 4.79 Å². The summed E-state index contributed by atoms with van der Waals surface area (Å²) in [6.45, 7) is 0.0883. The van der Waals surface area contributed by atoms with E-state index in [2.05, 4.69) is 0 Å². The highest BCUT2D eigenvalue weighted by atomic mass is 35.5. The molecule has 0 unspecified atom stereocenters. The van der Waals surface area contributed by atoms with Crippen LogP contribution in [0.5, 0.6) is 0 Å². The molecule has 0 aliphatic carbocycles. The Morgan fingerprint density at radius 3 is 2.50 bits per heavy atom. The van der Waals surface area contributed by atoms with Crippen LogP contribution >= 0.6 is 23.2 Å². The molecule has 0 fully saturated rings. The van der Waals surface area contributed by atoms with Crippen LogP contribution in [-0.2, 0) is 22.6 Å². The lowest BCUT2D eigenvalue weighted by atomic mass is 10.1. The van der Waals surface area contributed by atoms with Gasteiger partial charge in [-0.25, -0.2) is 0 Å². The molecule has 104 valence electrons. The Morgan fingerprint density at radius 1 is 1.05 bits per heavy atom. The number of esters is 1. The first-order valence-electron chi connectivity index (χ1n) is 6.00. The zero-order valence-corrected chi connectivity index (χ0v) is 12.1. The van der Waals surface area contributed by atoms with Gasteiger partial charge in [-0.15, -0.1) is 0 Å². The van der Waals surface area contributed by atoms with Crippen molar-refractivity contribution in [3.05, 3.63) is 63.6 Å². The van der Waals surface area contributed by atoms with Crippen LogP contribution in [0.3, 0.4) is 0 Å². The summed E-state index contributed by atoms with van der Waals surface area (Å²) in [6, 6.07) is 12.4. The average Bonchev–Trinajstić information content (AvgIpc) is 2.43. The van der Waals surface area contributed by atoms with Crippen molar-refractivity contribution in [2.45, 2.75) is 13.0 Å². The second-order valence-electron chi connectivity index (χ2n) is 4.25. The predicted octanol–water partition coefficient (Wildman–Crippen LogP) is 3.86. The number of nitrogens with two attached hydrogens (primary N) is 1. The molecule has 0 saturated heterocycles. The third kappa shape index (κ3) is 3.65. The highest BCUT2D eigenvalue weighted by Gasteiger charge is 2.10. The van der Waals surface area contributed by atoms with Crippen LogP contribution in [0.2, 0.25) is 10.0 Å². The summed E-state index contributed by atoms with van der Waals surface area (Å²) in [4.78, 5) is 11.8. The summed E-state index contributed by atoms with van der Waals surface area (Å²) in [5.74, 6) is -0.362. The number of para-hydroxylation sites is 1. The van der Waals surface area contributed by atoms with Crippen molar-refractivity contribution in [3.8, 4) is 0 Å². The topological polar surface area (TPSA) is 52.3 Å². The quantitative estimate of drug-likeness (QED) is 0.689. The monoisotopic (exact) mass is 309 g/mol. The molecule has 0 atom stereocenters. The van der Waals surface area contributed by atoms with Crippen molar-refractivity contribution < 1.29 is 9.53 Å². The van der Waals surface area contributed by atoms with E-state index in [0.29, 0.717) is 21.3 Å². The van der Waals surface area contributed by atoms with Crippen molar-refractivity contribution in [2.24, 2.45) is 0 Å². The van der Waals surface area contributed by atoms with Crippen molar-refractivity contribution in [2.75, 3.05) is 5.73 Å². The van der Waals surface area contributed by atoms with E-state index in [4.69, 9.17) is 33.7 Å². The summed E-state index contributed by atoms with van der Waals surface area (Å²) in [7, 11) is 0. The second-order valence-corrected chi connectivity index (χ2v) is 5.03. The van der Waals surface area contributed by atoms with Crippen LogP contribution < -0.4 is 5.73 Å². The lowest BCUT2D eigenvalue weighted by Crippen LogP contribution is -2.09. The molecule has 5 heteroatoms. The number of anilines is 1. The van der Waals surface area contributed by atoms with Gasteiger partial charge in [0.1, 0.15) is 6.61 Å². The van der Waals surface area contributed by atoms with Gasteiger partial charge in [-0.2, -0.15) is 0 Å². The first kappa shape index (κ1) is 14.7. The first-order valence-corrected chi connectivity index (χ1v) is 6.75. The molecule has 0 aliphatic rings. The first-order chi connectivity index (χ1) is 9.58. The molecule has 2 N–H and O–H groups in total. The van der Waals surface area contributed by atoms with Crippen LogP contribution in [0.25, 0.3) is 0 Å². The van der Waals surface area contributed by atoms with Gasteiger partial charge in [-0.1, -0.05) is 53.5 Å². The smallest absolute Gasteiger partial charge is 0.310 e. The molecular weight excluding hydrogens is 297 g/mol. The van der Waals surface area contributed by atoms with Gasteiger partial charge in [0.05, 0.1) is 16.5 Å². The van der Waals surface area contributed by atoms with Crippen molar-refractivity contribution in [1.82, 2.24) is 0 Å². The second kappa shape index (κ2) is 6.64. The Bertz CT molecular complexity index is 629. The maximum atomic E-state index is 11.8. The number of carbonyl (C=O) groups is 1. The summed E-state index contributed by atoms with van der Waals surface area (Å²) in [6.07, 6.45) is 0.130. The molecule has 0 radical (unpaired) electrons. The van der Waals surface area contributed by atoms with Gasteiger partial charge in [0.25, 0.3) is 0 Å². The van der Waals surface area contributed by atoms with E-state index in [1.165, 1.54) is 0 Å². The molecule has 2 aromatic rings. The Balaban J connectivity index is 1.96. The van der Waals surface area contributed by atoms with Gasteiger partial charge in [-0.05, 0) is 17.7 Å². The minimum absolute atomic E-state index is 0.0883. The lowest BCUT2D eigenvalue weighted by molar-refractivity contribution is -0.144. The molecule has 0 aliphatic heterocycles. The van der Waals surface area contributed by atoms with Crippen LogP contribution in [0.4, 0.5) is 5.69 Å². The highest BCUT2D eigenvalue weighted by Crippen LogP contribution is 2.26. The Hall–Kier alpha value is -1.71. The van der Waals surface area contributed by atoms with E-state index >= 15 is 0 Å². The molecular formula is C15H13Cl2NO2. The molecule has 2 aromatic carbocycles. The van der Waals surface area contributed by atoms with Crippen molar-refractivity contribution >= 4 is 34.9 Å². The van der Waals surface area contributed by atoms with Gasteiger partial charge >= 0.3 is 5.97 Å². The van der Waals surface area contributed by atoms with Gasteiger partial charge in [0.15, 0.2) is 0 Å². The fraction of sp³-hybridized carbons (Fsp3) is 0.133. The Kier molecular flexibility index (Phi) is 4.88. The largest absolute Gasteiger partial charge is 0.460 e. The van der Waals surface area contributed by atoms with Crippen LogP contribution in [0, 0.1) is 0 Å². The zero-order chi connectivity index (χ0) is 14.5. The van der Waals surface area contributed by atoms with Gasteiger partial charge in [0.2, 0.25) is 0 Å². The number of benzene rings is 2. The molecule has 0 saturated carbocycles. The summed E-state index contributed by atoms with van der Waals surface area (Å²) >= 11 is 11.9. The highest BCUT2D eigenvalue weighted by molar-refractivity contribution is 6.42. The predicted molar refractivity (Wildman–Crippen MR) is 80.8 cm³/mol. The summed E-state index contributed by atoms with van der Waals surface area (Å²) in [5, 5.41) is 0.841. The maximum absolute atomic E-state index is 11.8. The number of hydrogen-bond donors (Lipinski definition) is 1. The average molecular weight is 310 g/mol. The van der Waals surface area contributed by atoms with Crippen LogP contribution in [0.15, 0.2) is 42.5 Å². The number of ether oxygens (including phenoxy) is 1. The van der Waals surface area contributed by atoms with E-state index < -0.39 is 0 Å². The molecule has 20 heavy (non-hydrogen) atoms. The molecule has 2 rings (SSSR count). The fourth-order valence-corrected chi connectivity index (χ4v) is 2.09. The number of hydrogen-bond acceptors (Lipinski definition) is 3. The molecule has 0 spiro atoms. The normalized spacial score (nSPS) is 10.3. The standard InChI is InChI=1S/C15H13Cl2NO2/c16-12-6-3-5-11(15(12)17)9-20-14(19)8-10-4-1-2-7-13(10)18/h1-7H,8-9,18H2. The van der Waals surface area contributed by atoms with Crippen molar-refractivity contribution in [3.63, 3.8) is 0 Å². The van der Waals surface area contributed by atoms with Gasteiger partial charge < -0.3 is 10.5 Å². The maximum Gasteiger partial charge on any atom is 0.310 e. The van der Waals surface area contributed by atoms with E-state index in [1.54, 1.807) is 30.3 Å². The molecule has 0 amide bonds. The number of carbonyl (C=O) groups excluding carboxylic acids is 1. The molecule has 0 bridgehead atoms. The third-order valence-corrected chi connectivity index (χ3v) is 3.67. The van der Waals surface area contributed by atoms with Crippen LogP contribution in [0.1, 0.15) is 11.1 Å². The van der Waals surface area contributed by atoms with Crippen LogP contribution in [-0.4, -0.2) is 5.97 Å². The SMILES string of the molecule is Nc1ccccc1CC(=O)OCc1cccc(Cl)c1Cl. The Morgan fingerprint density at radius 2 is 1.75 bits per heavy atom. The fourth-order valence-electron chi connectivity index (χ4n) is 1.72. The van der Waals surface area contributed by atoms with Crippen molar-refractivity contribution in [1.29, 1.82) is 0 Å². The molecule has 0 aromatic heterocycles. The minimum Gasteiger partial charge on any atom is -0.460 e. The number of nitrogen functional groups attached to an aromatic ring is 1. The summed E-state index contributed by atoms with van der Waals surface area (Å²) < 4.78 is 5.19. The molecule has 0 heterocycles. The van der Waals surface area contributed by atoms with E-state index in [9.17, 15) is 4.79 Å². The van der Waals surface area contributed by atoms with E-state index in [1.807, 2.05) is 12.1 Å². The van der Waals surface area contributed by atoms with E-state index in [0.717, 1.165) is 5.56 Å². The van der Waals surface area contributed by atoms with Gasteiger partial charge in [0, 0.05) is 11.3 Å². The lowest BCUT2D eigenvalue weighted by Gasteiger charge is -2.08. The third-order valence-electron chi connectivity index (χ3n) is 2.81. The number of halogens is 2. The Labute approximate surface area is 127 Å².